The van der Waals surface area contributed by atoms with Gasteiger partial charge >= 0.3 is 0 Å². The Kier molecular flexibility index (Phi) is 6.74. The Morgan fingerprint density at radius 2 is 1.88 bits per heavy atom. The van der Waals surface area contributed by atoms with Crippen molar-refractivity contribution in [3.63, 3.8) is 0 Å². The normalized spacial score (nSPS) is 17.9. The molecule has 1 aliphatic heterocycles. The SMILES string of the molecule is CCc1nc(-c2cnc(N(C)C)cc2C)c(CC)nc1N[C@@H]1CN(c2ccccn2)C[C@@H]1O. The summed E-state index contributed by atoms with van der Waals surface area (Å²) < 4.78 is 0. The number of nitrogens with zero attached hydrogens (tertiary/aromatic N) is 6. The zero-order valence-electron chi connectivity index (χ0n) is 20.1. The molecule has 4 heterocycles. The zero-order chi connectivity index (χ0) is 23.5. The fourth-order valence-corrected chi connectivity index (χ4v) is 4.19. The summed E-state index contributed by atoms with van der Waals surface area (Å²) in [6, 6.07) is 7.76. The quantitative estimate of drug-likeness (QED) is 0.571. The van der Waals surface area contributed by atoms with Gasteiger partial charge in [0.2, 0.25) is 0 Å². The summed E-state index contributed by atoms with van der Waals surface area (Å²) in [7, 11) is 3.97. The maximum atomic E-state index is 10.7. The third kappa shape index (κ3) is 4.75. The number of nitrogens with one attached hydrogen (secondary N) is 1. The molecule has 4 rings (SSSR count). The molecule has 1 saturated heterocycles. The minimum Gasteiger partial charge on any atom is -0.389 e. The summed E-state index contributed by atoms with van der Waals surface area (Å²) >= 11 is 0. The zero-order valence-corrected chi connectivity index (χ0v) is 20.1. The average molecular weight is 448 g/mol. The van der Waals surface area contributed by atoms with Gasteiger partial charge in [-0.3, -0.25) is 0 Å². The molecule has 0 bridgehead atoms. The smallest absolute Gasteiger partial charge is 0.148 e. The number of hydrogen-bond donors (Lipinski definition) is 2. The van der Waals surface area contributed by atoms with E-state index >= 15 is 0 Å². The highest BCUT2D eigenvalue weighted by molar-refractivity contribution is 5.68. The van der Waals surface area contributed by atoms with E-state index in [4.69, 9.17) is 9.97 Å². The lowest BCUT2D eigenvalue weighted by atomic mass is 10.0. The van der Waals surface area contributed by atoms with Crippen LogP contribution in [0, 0.1) is 6.92 Å². The molecule has 33 heavy (non-hydrogen) atoms. The maximum absolute atomic E-state index is 10.7. The summed E-state index contributed by atoms with van der Waals surface area (Å²) in [4.78, 5) is 23.1. The van der Waals surface area contributed by atoms with Crippen LogP contribution in [0.3, 0.4) is 0 Å². The van der Waals surface area contributed by atoms with E-state index in [0.717, 1.165) is 58.5 Å². The van der Waals surface area contributed by atoms with Crippen LogP contribution in [0.2, 0.25) is 0 Å². The molecular formula is C25H33N7O. The fraction of sp³-hybridized carbons (Fsp3) is 0.440. The van der Waals surface area contributed by atoms with Crippen molar-refractivity contribution in [2.75, 3.05) is 42.3 Å². The van der Waals surface area contributed by atoms with Crippen LogP contribution in [-0.4, -0.2) is 64.4 Å². The summed E-state index contributed by atoms with van der Waals surface area (Å²) in [5.74, 6) is 2.54. The lowest BCUT2D eigenvalue weighted by Crippen LogP contribution is -2.33. The van der Waals surface area contributed by atoms with Gasteiger partial charge in [-0.25, -0.2) is 19.9 Å². The first-order valence-corrected chi connectivity index (χ1v) is 11.6. The molecule has 3 aromatic rings. The predicted octanol–water partition coefficient (Wildman–Crippen LogP) is 3.09. The van der Waals surface area contributed by atoms with Crippen LogP contribution in [0.4, 0.5) is 17.5 Å². The van der Waals surface area contributed by atoms with Crippen molar-refractivity contribution in [3.05, 3.63) is 53.6 Å². The number of aromatic nitrogens is 4. The molecule has 1 aliphatic rings. The molecule has 0 spiro atoms. The highest BCUT2D eigenvalue weighted by atomic mass is 16.3. The number of anilines is 3. The molecule has 0 unspecified atom stereocenters. The highest BCUT2D eigenvalue weighted by Crippen LogP contribution is 2.29. The standard InChI is InChI=1S/C25H33N7O/c1-6-18-24(17-13-27-23(31(4)5)12-16(17)3)28-19(7-2)25(29-18)30-20-14-32(15-21(20)33)22-10-8-9-11-26-22/h8-13,20-21,33H,6-7,14-15H2,1-5H3,(H,29,30)/t20-,21+/m1/s1. The van der Waals surface area contributed by atoms with Crippen LogP contribution < -0.4 is 15.1 Å². The molecule has 8 heteroatoms. The van der Waals surface area contributed by atoms with E-state index in [2.05, 4.69) is 47.0 Å². The Hall–Kier alpha value is -3.26. The van der Waals surface area contributed by atoms with E-state index in [0.29, 0.717) is 13.1 Å². The van der Waals surface area contributed by atoms with Crippen molar-refractivity contribution >= 4 is 17.5 Å². The van der Waals surface area contributed by atoms with Gasteiger partial charge < -0.3 is 20.2 Å². The van der Waals surface area contributed by atoms with Crippen LogP contribution in [0.25, 0.3) is 11.3 Å². The Morgan fingerprint density at radius 1 is 1.09 bits per heavy atom. The predicted molar refractivity (Wildman–Crippen MR) is 133 cm³/mol. The van der Waals surface area contributed by atoms with Gasteiger partial charge in [-0.15, -0.1) is 0 Å². The van der Waals surface area contributed by atoms with Crippen LogP contribution in [0.5, 0.6) is 0 Å². The summed E-state index contributed by atoms with van der Waals surface area (Å²) in [6.07, 6.45) is 4.64. The van der Waals surface area contributed by atoms with Crippen molar-refractivity contribution in [3.8, 4) is 11.3 Å². The number of aliphatic hydroxyl groups is 1. The van der Waals surface area contributed by atoms with Gasteiger partial charge in [-0.1, -0.05) is 19.9 Å². The van der Waals surface area contributed by atoms with Gasteiger partial charge in [0.05, 0.1) is 29.2 Å². The number of hydrogen-bond acceptors (Lipinski definition) is 8. The Labute approximate surface area is 195 Å². The topological polar surface area (TPSA) is 90.3 Å². The minimum absolute atomic E-state index is 0.148. The molecule has 8 nitrogen and oxygen atoms in total. The van der Waals surface area contributed by atoms with Crippen LogP contribution >= 0.6 is 0 Å². The van der Waals surface area contributed by atoms with Gasteiger partial charge in [-0.2, -0.15) is 0 Å². The van der Waals surface area contributed by atoms with Crippen molar-refractivity contribution in [1.82, 2.24) is 19.9 Å². The third-order valence-electron chi connectivity index (χ3n) is 6.10. The second kappa shape index (κ2) is 9.70. The Balaban J connectivity index is 1.63. The van der Waals surface area contributed by atoms with Gasteiger partial charge in [0.25, 0.3) is 0 Å². The van der Waals surface area contributed by atoms with Crippen molar-refractivity contribution in [1.29, 1.82) is 0 Å². The van der Waals surface area contributed by atoms with E-state index in [-0.39, 0.29) is 6.04 Å². The number of aryl methyl sites for hydroxylation is 3. The van der Waals surface area contributed by atoms with E-state index in [1.807, 2.05) is 43.4 Å². The van der Waals surface area contributed by atoms with E-state index in [1.54, 1.807) is 6.20 Å². The number of pyridine rings is 2. The summed E-state index contributed by atoms with van der Waals surface area (Å²) in [5.41, 5.74) is 4.83. The highest BCUT2D eigenvalue weighted by Gasteiger charge is 2.33. The molecule has 2 N–H and O–H groups in total. The number of β-amino-alcohol motifs (C(OH)–C–C–N with tert-alkyl or cyclic N) is 1. The minimum atomic E-state index is -0.520. The van der Waals surface area contributed by atoms with E-state index in [1.165, 1.54) is 0 Å². The summed E-state index contributed by atoms with van der Waals surface area (Å²) in [5, 5.41) is 14.2. The monoisotopic (exact) mass is 447 g/mol. The Morgan fingerprint density at radius 3 is 2.52 bits per heavy atom. The second-order valence-corrected chi connectivity index (χ2v) is 8.68. The first kappa shape index (κ1) is 22.9. The molecule has 0 saturated carbocycles. The molecule has 0 amide bonds. The first-order valence-electron chi connectivity index (χ1n) is 11.6. The average Bonchev–Trinajstić information content (AvgIpc) is 3.19. The molecule has 0 aliphatic carbocycles. The van der Waals surface area contributed by atoms with Crippen LogP contribution in [0.15, 0.2) is 36.7 Å². The van der Waals surface area contributed by atoms with Gasteiger partial charge in [0, 0.05) is 45.1 Å². The van der Waals surface area contributed by atoms with E-state index < -0.39 is 6.10 Å². The molecule has 0 aromatic carbocycles. The molecule has 2 atom stereocenters. The van der Waals surface area contributed by atoms with Gasteiger partial charge in [-0.05, 0) is 43.5 Å². The van der Waals surface area contributed by atoms with Crippen LogP contribution in [0.1, 0.15) is 30.8 Å². The molecule has 1 fully saturated rings. The summed E-state index contributed by atoms with van der Waals surface area (Å²) in [6.45, 7) is 7.44. The molecule has 174 valence electrons. The lowest BCUT2D eigenvalue weighted by Gasteiger charge is -2.21. The van der Waals surface area contributed by atoms with Crippen LogP contribution in [-0.2, 0) is 12.8 Å². The van der Waals surface area contributed by atoms with Crippen molar-refractivity contribution < 1.29 is 5.11 Å². The molecule has 0 radical (unpaired) electrons. The first-order chi connectivity index (χ1) is 15.9. The fourth-order valence-electron chi connectivity index (χ4n) is 4.19. The number of aliphatic hydroxyl groups excluding tert-OH is 1. The lowest BCUT2D eigenvalue weighted by molar-refractivity contribution is 0.186. The third-order valence-corrected chi connectivity index (χ3v) is 6.10. The molecule has 3 aromatic heterocycles. The number of rotatable bonds is 7. The van der Waals surface area contributed by atoms with Gasteiger partial charge in [0.15, 0.2) is 0 Å². The van der Waals surface area contributed by atoms with E-state index in [9.17, 15) is 5.11 Å². The molecular weight excluding hydrogens is 414 g/mol. The maximum Gasteiger partial charge on any atom is 0.148 e. The van der Waals surface area contributed by atoms with Crippen molar-refractivity contribution in [2.24, 2.45) is 0 Å². The second-order valence-electron chi connectivity index (χ2n) is 8.68. The van der Waals surface area contributed by atoms with Gasteiger partial charge in [0.1, 0.15) is 17.5 Å². The largest absolute Gasteiger partial charge is 0.389 e. The van der Waals surface area contributed by atoms with Crippen molar-refractivity contribution in [2.45, 2.75) is 45.8 Å². The Bertz CT molecular complexity index is 1100.